The van der Waals surface area contributed by atoms with Crippen molar-refractivity contribution in [2.45, 2.75) is 0 Å². The quantitative estimate of drug-likeness (QED) is 0.773. The lowest BCUT2D eigenvalue weighted by molar-refractivity contribution is 0.102. The van der Waals surface area contributed by atoms with Crippen LogP contribution in [0.25, 0.3) is 0 Å². The second-order valence-corrected chi connectivity index (χ2v) is 4.68. The van der Waals surface area contributed by atoms with Crippen molar-refractivity contribution in [3.8, 4) is 11.5 Å². The number of nitrogens with one attached hydrogen (secondary N) is 1. The minimum Gasteiger partial charge on any atom is -0.457 e. The second kappa shape index (κ2) is 6.57. The van der Waals surface area contributed by atoms with Crippen molar-refractivity contribution >= 4 is 17.4 Å². The van der Waals surface area contributed by atoms with Crippen LogP contribution in [-0.4, -0.2) is 15.9 Å². The monoisotopic (exact) mass is 306 g/mol. The molecule has 0 spiro atoms. The predicted octanol–water partition coefficient (Wildman–Crippen LogP) is 3.10. The van der Waals surface area contributed by atoms with E-state index in [2.05, 4.69) is 15.3 Å². The van der Waals surface area contributed by atoms with E-state index in [1.165, 1.54) is 12.4 Å². The molecule has 23 heavy (non-hydrogen) atoms. The fourth-order valence-electron chi connectivity index (χ4n) is 1.94. The summed E-state index contributed by atoms with van der Waals surface area (Å²) in [5.41, 5.74) is 6.34. The third-order valence-corrected chi connectivity index (χ3v) is 3.03. The number of hydrogen-bond acceptors (Lipinski definition) is 5. The van der Waals surface area contributed by atoms with Crippen LogP contribution < -0.4 is 15.8 Å². The SMILES string of the molecule is Nc1nccnc1C(=O)Nc1ccc(Oc2ccccc2)cc1. The topological polar surface area (TPSA) is 90.1 Å². The zero-order valence-electron chi connectivity index (χ0n) is 12.1. The summed E-state index contributed by atoms with van der Waals surface area (Å²) in [4.78, 5) is 19.8. The summed E-state index contributed by atoms with van der Waals surface area (Å²) >= 11 is 0. The van der Waals surface area contributed by atoms with Crippen molar-refractivity contribution in [2.75, 3.05) is 11.1 Å². The zero-order valence-corrected chi connectivity index (χ0v) is 12.1. The fourth-order valence-corrected chi connectivity index (χ4v) is 1.94. The number of carbonyl (C=O) groups excluding carboxylic acids is 1. The highest BCUT2D eigenvalue weighted by Gasteiger charge is 2.12. The van der Waals surface area contributed by atoms with Crippen LogP contribution in [0.2, 0.25) is 0 Å². The van der Waals surface area contributed by atoms with E-state index in [0.29, 0.717) is 11.4 Å². The van der Waals surface area contributed by atoms with Gasteiger partial charge in [0, 0.05) is 18.1 Å². The number of hydrogen-bond donors (Lipinski definition) is 2. The molecule has 0 atom stereocenters. The molecule has 3 N–H and O–H groups in total. The van der Waals surface area contributed by atoms with E-state index in [1.807, 2.05) is 30.3 Å². The standard InChI is InChI=1S/C17H14N4O2/c18-16-15(19-10-11-20-16)17(22)21-12-6-8-14(9-7-12)23-13-4-2-1-3-5-13/h1-11H,(H2,18,20)(H,21,22). The van der Waals surface area contributed by atoms with Crippen molar-refractivity contribution in [3.63, 3.8) is 0 Å². The molecule has 3 aromatic rings. The number of para-hydroxylation sites is 1. The van der Waals surface area contributed by atoms with E-state index in [0.717, 1.165) is 5.75 Å². The Kier molecular flexibility index (Phi) is 4.15. The maximum atomic E-state index is 12.1. The van der Waals surface area contributed by atoms with E-state index in [9.17, 15) is 4.79 Å². The number of rotatable bonds is 4. The summed E-state index contributed by atoms with van der Waals surface area (Å²) in [6, 6.07) is 16.5. The van der Waals surface area contributed by atoms with Gasteiger partial charge in [-0.1, -0.05) is 18.2 Å². The summed E-state index contributed by atoms with van der Waals surface area (Å²) < 4.78 is 5.69. The Balaban J connectivity index is 1.68. The smallest absolute Gasteiger partial charge is 0.278 e. The number of nitrogens with two attached hydrogens (primary N) is 1. The lowest BCUT2D eigenvalue weighted by atomic mass is 10.3. The van der Waals surface area contributed by atoms with Crippen molar-refractivity contribution in [2.24, 2.45) is 0 Å². The molecule has 0 saturated heterocycles. The van der Waals surface area contributed by atoms with Gasteiger partial charge < -0.3 is 15.8 Å². The van der Waals surface area contributed by atoms with E-state index in [1.54, 1.807) is 24.3 Å². The van der Waals surface area contributed by atoms with Gasteiger partial charge in [0.05, 0.1) is 0 Å². The highest BCUT2D eigenvalue weighted by molar-refractivity contribution is 6.05. The molecule has 0 aliphatic carbocycles. The summed E-state index contributed by atoms with van der Waals surface area (Å²) in [5, 5.41) is 2.71. The van der Waals surface area contributed by atoms with Crippen LogP contribution in [0, 0.1) is 0 Å². The molecule has 6 nitrogen and oxygen atoms in total. The molecule has 114 valence electrons. The number of benzene rings is 2. The number of carbonyl (C=O) groups is 1. The van der Waals surface area contributed by atoms with Gasteiger partial charge in [-0.2, -0.15) is 0 Å². The molecular weight excluding hydrogens is 292 g/mol. The Labute approximate surface area is 133 Å². The van der Waals surface area contributed by atoms with E-state index in [-0.39, 0.29) is 11.5 Å². The Morgan fingerprint density at radius 3 is 2.26 bits per heavy atom. The van der Waals surface area contributed by atoms with Gasteiger partial charge in [0.15, 0.2) is 11.5 Å². The normalized spacial score (nSPS) is 10.1. The van der Waals surface area contributed by atoms with Crippen molar-refractivity contribution in [1.82, 2.24) is 9.97 Å². The molecule has 1 aromatic heterocycles. The average molecular weight is 306 g/mol. The summed E-state index contributed by atoms with van der Waals surface area (Å²) in [5.74, 6) is 1.10. The number of amides is 1. The van der Waals surface area contributed by atoms with Crippen LogP contribution in [0.1, 0.15) is 10.5 Å². The average Bonchev–Trinajstić information content (AvgIpc) is 2.58. The van der Waals surface area contributed by atoms with Crippen molar-refractivity contribution in [3.05, 3.63) is 72.7 Å². The second-order valence-electron chi connectivity index (χ2n) is 4.68. The lowest BCUT2D eigenvalue weighted by Crippen LogP contribution is -2.16. The van der Waals surface area contributed by atoms with Gasteiger partial charge in [0.1, 0.15) is 11.5 Å². The van der Waals surface area contributed by atoms with Gasteiger partial charge >= 0.3 is 0 Å². The maximum Gasteiger partial charge on any atom is 0.278 e. The van der Waals surface area contributed by atoms with Crippen LogP contribution in [0.4, 0.5) is 11.5 Å². The Bertz CT molecular complexity index is 804. The van der Waals surface area contributed by atoms with Crippen molar-refractivity contribution < 1.29 is 9.53 Å². The van der Waals surface area contributed by atoms with Crippen molar-refractivity contribution in [1.29, 1.82) is 0 Å². The highest BCUT2D eigenvalue weighted by Crippen LogP contribution is 2.22. The number of nitrogens with zero attached hydrogens (tertiary/aromatic N) is 2. The fraction of sp³-hybridized carbons (Fsp3) is 0. The minimum absolute atomic E-state index is 0.0917. The first-order chi connectivity index (χ1) is 11.2. The molecule has 0 fully saturated rings. The molecule has 6 heteroatoms. The highest BCUT2D eigenvalue weighted by atomic mass is 16.5. The molecule has 2 aromatic carbocycles. The third kappa shape index (κ3) is 3.62. The van der Waals surface area contributed by atoms with Crippen LogP contribution in [0.5, 0.6) is 11.5 Å². The van der Waals surface area contributed by atoms with Crippen LogP contribution in [-0.2, 0) is 0 Å². The number of anilines is 2. The first-order valence-corrected chi connectivity index (χ1v) is 6.93. The Morgan fingerprint density at radius 1 is 0.913 bits per heavy atom. The van der Waals surface area contributed by atoms with Crippen LogP contribution in [0.15, 0.2) is 67.0 Å². The van der Waals surface area contributed by atoms with Crippen LogP contribution >= 0.6 is 0 Å². The minimum atomic E-state index is -0.410. The van der Waals surface area contributed by atoms with Gasteiger partial charge in [-0.3, -0.25) is 4.79 Å². The lowest BCUT2D eigenvalue weighted by Gasteiger charge is -2.08. The first kappa shape index (κ1) is 14.5. The number of nitrogen functional groups attached to an aromatic ring is 1. The van der Waals surface area contributed by atoms with Crippen LogP contribution in [0.3, 0.4) is 0 Å². The molecule has 3 rings (SSSR count). The largest absolute Gasteiger partial charge is 0.457 e. The van der Waals surface area contributed by atoms with E-state index in [4.69, 9.17) is 10.5 Å². The molecule has 1 heterocycles. The number of ether oxygens (including phenoxy) is 1. The molecule has 0 aliphatic rings. The van der Waals surface area contributed by atoms with Gasteiger partial charge in [0.2, 0.25) is 0 Å². The van der Waals surface area contributed by atoms with E-state index >= 15 is 0 Å². The molecular formula is C17H14N4O2. The predicted molar refractivity (Wildman–Crippen MR) is 87.4 cm³/mol. The zero-order chi connectivity index (χ0) is 16.1. The number of aromatic nitrogens is 2. The maximum absolute atomic E-state index is 12.1. The third-order valence-electron chi connectivity index (χ3n) is 3.03. The molecule has 0 unspecified atom stereocenters. The summed E-state index contributed by atoms with van der Waals surface area (Å²) in [7, 11) is 0. The summed E-state index contributed by atoms with van der Waals surface area (Å²) in [6.45, 7) is 0. The van der Waals surface area contributed by atoms with Gasteiger partial charge in [0.25, 0.3) is 5.91 Å². The van der Waals surface area contributed by atoms with Gasteiger partial charge in [-0.25, -0.2) is 9.97 Å². The Morgan fingerprint density at radius 2 is 1.57 bits per heavy atom. The first-order valence-electron chi connectivity index (χ1n) is 6.93. The summed E-state index contributed by atoms with van der Waals surface area (Å²) in [6.07, 6.45) is 2.85. The molecule has 0 saturated carbocycles. The molecule has 0 radical (unpaired) electrons. The van der Waals surface area contributed by atoms with Gasteiger partial charge in [-0.05, 0) is 36.4 Å². The molecule has 0 bridgehead atoms. The molecule has 1 amide bonds. The van der Waals surface area contributed by atoms with Gasteiger partial charge in [-0.15, -0.1) is 0 Å². The van der Waals surface area contributed by atoms with E-state index < -0.39 is 5.91 Å². The Hall–Kier alpha value is -3.41. The molecule has 0 aliphatic heterocycles.